The van der Waals surface area contributed by atoms with Crippen molar-refractivity contribution in [2.75, 3.05) is 13.7 Å². The van der Waals surface area contributed by atoms with Crippen molar-refractivity contribution in [2.45, 2.75) is 38.8 Å². The third-order valence-electron chi connectivity index (χ3n) is 4.99. The molecule has 6 nitrogen and oxygen atoms in total. The highest BCUT2D eigenvalue weighted by Crippen LogP contribution is 2.55. The maximum absolute atomic E-state index is 6.56. The van der Waals surface area contributed by atoms with Crippen molar-refractivity contribution in [2.24, 2.45) is 11.1 Å². The number of hydrogen-bond donors (Lipinski definition) is 1. The topological polar surface area (TPSA) is 83.4 Å². The van der Waals surface area contributed by atoms with Crippen LogP contribution in [0.1, 0.15) is 33.1 Å². The summed E-state index contributed by atoms with van der Waals surface area (Å²) in [6.45, 7) is 6.81. The first kappa shape index (κ1) is 16.0. The van der Waals surface area contributed by atoms with Gasteiger partial charge in [-0.15, -0.1) is 0 Å². The number of rotatable bonds is 5. The van der Waals surface area contributed by atoms with Gasteiger partial charge in [0, 0.05) is 24.0 Å². The molecular weight excluding hydrogens is 294 g/mol. The number of ether oxygens (including phenoxy) is 2. The van der Waals surface area contributed by atoms with Gasteiger partial charge in [0.05, 0.1) is 13.2 Å². The second-order valence-corrected chi connectivity index (χ2v) is 6.49. The Labute approximate surface area is 136 Å². The highest BCUT2D eigenvalue weighted by Gasteiger charge is 2.62. The van der Waals surface area contributed by atoms with Crippen LogP contribution in [-0.4, -0.2) is 30.0 Å². The van der Waals surface area contributed by atoms with Crippen LogP contribution in [0.15, 0.2) is 28.8 Å². The van der Waals surface area contributed by atoms with Gasteiger partial charge in [-0.25, -0.2) is 0 Å². The fraction of sp³-hybridized carbons (Fsp3) is 0.529. The third-order valence-corrected chi connectivity index (χ3v) is 4.99. The molecule has 2 unspecified atom stereocenters. The van der Waals surface area contributed by atoms with Crippen molar-refractivity contribution in [3.8, 4) is 17.1 Å². The van der Waals surface area contributed by atoms with Crippen LogP contribution in [0.2, 0.25) is 0 Å². The minimum Gasteiger partial charge on any atom is -0.497 e. The van der Waals surface area contributed by atoms with Gasteiger partial charge in [-0.1, -0.05) is 19.0 Å². The predicted octanol–water partition coefficient (Wildman–Crippen LogP) is 2.73. The second-order valence-electron chi connectivity index (χ2n) is 6.49. The van der Waals surface area contributed by atoms with E-state index in [1.165, 1.54) is 0 Å². The van der Waals surface area contributed by atoms with Crippen molar-refractivity contribution < 1.29 is 14.0 Å². The molecule has 0 radical (unpaired) electrons. The molecule has 0 saturated heterocycles. The molecule has 2 aromatic rings. The molecule has 1 aromatic carbocycles. The summed E-state index contributed by atoms with van der Waals surface area (Å²) in [5.41, 5.74) is 6.51. The molecule has 2 N–H and O–H groups in total. The van der Waals surface area contributed by atoms with E-state index >= 15 is 0 Å². The monoisotopic (exact) mass is 317 g/mol. The van der Waals surface area contributed by atoms with Gasteiger partial charge in [-0.2, -0.15) is 4.98 Å². The van der Waals surface area contributed by atoms with E-state index in [0.29, 0.717) is 24.7 Å². The van der Waals surface area contributed by atoms with Crippen LogP contribution < -0.4 is 10.5 Å². The molecule has 124 valence electrons. The van der Waals surface area contributed by atoms with Gasteiger partial charge in [0.2, 0.25) is 11.7 Å². The number of methoxy groups -OCH3 is 1. The van der Waals surface area contributed by atoms with Gasteiger partial charge in [-0.05, 0) is 31.2 Å². The fourth-order valence-corrected chi connectivity index (χ4v) is 3.06. The minimum atomic E-state index is -0.662. The zero-order chi connectivity index (χ0) is 16.7. The van der Waals surface area contributed by atoms with Crippen LogP contribution in [0.5, 0.6) is 5.75 Å². The Hall–Kier alpha value is -1.92. The Kier molecular flexibility index (Phi) is 3.90. The van der Waals surface area contributed by atoms with E-state index in [-0.39, 0.29) is 11.5 Å². The molecule has 0 bridgehead atoms. The molecule has 6 heteroatoms. The first-order chi connectivity index (χ1) is 10.9. The zero-order valence-electron chi connectivity index (χ0n) is 14.0. The Balaban J connectivity index is 1.84. The van der Waals surface area contributed by atoms with Gasteiger partial charge in [-0.3, -0.25) is 0 Å². The van der Waals surface area contributed by atoms with Crippen molar-refractivity contribution in [3.05, 3.63) is 30.2 Å². The Morgan fingerprint density at radius 1 is 1.30 bits per heavy atom. The lowest BCUT2D eigenvalue weighted by atomic mass is 9.54. The van der Waals surface area contributed by atoms with E-state index in [9.17, 15) is 0 Å². The highest BCUT2D eigenvalue weighted by molar-refractivity contribution is 5.55. The molecule has 1 aliphatic carbocycles. The first-order valence-electron chi connectivity index (χ1n) is 7.81. The lowest BCUT2D eigenvalue weighted by Gasteiger charge is -2.56. The zero-order valence-corrected chi connectivity index (χ0v) is 14.0. The highest BCUT2D eigenvalue weighted by atomic mass is 16.5. The Morgan fingerprint density at radius 3 is 2.57 bits per heavy atom. The maximum atomic E-state index is 6.56. The quantitative estimate of drug-likeness (QED) is 0.913. The number of nitrogens with two attached hydrogens (primary N) is 1. The Morgan fingerprint density at radius 2 is 2.00 bits per heavy atom. The SMILES string of the molecule is CCOC1CC(N)(c2nc(-c3ccc(OC)cc3)no2)C1(C)C. The average Bonchev–Trinajstić information content (AvgIpc) is 3.05. The summed E-state index contributed by atoms with van der Waals surface area (Å²) in [6, 6.07) is 7.51. The van der Waals surface area contributed by atoms with E-state index in [1.807, 2.05) is 31.2 Å². The molecule has 1 aromatic heterocycles. The van der Waals surface area contributed by atoms with Gasteiger partial charge in [0.25, 0.3) is 0 Å². The summed E-state index contributed by atoms with van der Waals surface area (Å²) < 4.78 is 16.4. The van der Waals surface area contributed by atoms with Crippen LogP contribution in [0.3, 0.4) is 0 Å². The van der Waals surface area contributed by atoms with Gasteiger partial charge < -0.3 is 19.7 Å². The van der Waals surface area contributed by atoms with Crippen LogP contribution in [0, 0.1) is 5.41 Å². The fourth-order valence-electron chi connectivity index (χ4n) is 3.06. The number of nitrogens with zero attached hydrogens (tertiary/aromatic N) is 2. The molecule has 0 aliphatic heterocycles. The molecule has 1 heterocycles. The number of hydrogen-bond acceptors (Lipinski definition) is 6. The average molecular weight is 317 g/mol. The Bertz CT molecular complexity index is 681. The second kappa shape index (κ2) is 5.62. The number of benzene rings is 1. The van der Waals surface area contributed by atoms with E-state index in [4.69, 9.17) is 19.7 Å². The molecule has 3 rings (SSSR count). The molecular formula is C17H23N3O3. The van der Waals surface area contributed by atoms with Crippen LogP contribution in [-0.2, 0) is 10.3 Å². The summed E-state index contributed by atoms with van der Waals surface area (Å²) in [4.78, 5) is 4.52. The van der Waals surface area contributed by atoms with Crippen molar-refractivity contribution in [1.29, 1.82) is 0 Å². The van der Waals surface area contributed by atoms with Crippen molar-refractivity contribution in [3.63, 3.8) is 0 Å². The van der Waals surface area contributed by atoms with Gasteiger partial charge in [0.15, 0.2) is 0 Å². The van der Waals surface area contributed by atoms with Crippen LogP contribution >= 0.6 is 0 Å². The molecule has 2 atom stereocenters. The minimum absolute atomic E-state index is 0.105. The maximum Gasteiger partial charge on any atom is 0.247 e. The molecule has 1 saturated carbocycles. The largest absolute Gasteiger partial charge is 0.497 e. The molecule has 1 fully saturated rings. The van der Waals surface area contributed by atoms with Gasteiger partial charge in [0.1, 0.15) is 11.3 Å². The normalized spacial score (nSPS) is 25.9. The predicted molar refractivity (Wildman–Crippen MR) is 86.0 cm³/mol. The van der Waals surface area contributed by atoms with E-state index in [0.717, 1.165) is 11.3 Å². The van der Waals surface area contributed by atoms with E-state index in [1.54, 1.807) is 7.11 Å². The van der Waals surface area contributed by atoms with Gasteiger partial charge >= 0.3 is 0 Å². The molecule has 23 heavy (non-hydrogen) atoms. The lowest BCUT2D eigenvalue weighted by molar-refractivity contribution is -0.162. The van der Waals surface area contributed by atoms with Crippen LogP contribution in [0.25, 0.3) is 11.4 Å². The van der Waals surface area contributed by atoms with Crippen molar-refractivity contribution in [1.82, 2.24) is 10.1 Å². The first-order valence-corrected chi connectivity index (χ1v) is 7.81. The summed E-state index contributed by atoms with van der Waals surface area (Å²) >= 11 is 0. The van der Waals surface area contributed by atoms with E-state index in [2.05, 4.69) is 24.0 Å². The summed E-state index contributed by atoms with van der Waals surface area (Å²) in [5, 5.41) is 4.08. The van der Waals surface area contributed by atoms with E-state index < -0.39 is 5.54 Å². The molecule has 0 spiro atoms. The summed E-state index contributed by atoms with van der Waals surface area (Å²) in [5.74, 6) is 1.78. The summed E-state index contributed by atoms with van der Waals surface area (Å²) in [7, 11) is 1.63. The van der Waals surface area contributed by atoms with Crippen LogP contribution in [0.4, 0.5) is 0 Å². The smallest absolute Gasteiger partial charge is 0.247 e. The standard InChI is InChI=1S/C17H23N3O3/c1-5-22-13-10-17(18,16(13,2)3)15-19-14(20-23-15)11-6-8-12(21-4)9-7-11/h6-9,13H,5,10,18H2,1-4H3. The summed E-state index contributed by atoms with van der Waals surface area (Å²) in [6.07, 6.45) is 0.784. The number of aromatic nitrogens is 2. The third kappa shape index (κ3) is 2.42. The van der Waals surface area contributed by atoms with Crippen molar-refractivity contribution >= 4 is 0 Å². The lowest BCUT2D eigenvalue weighted by Crippen LogP contribution is -2.67. The molecule has 0 amide bonds. The molecule has 1 aliphatic rings.